The fourth-order valence-electron chi connectivity index (χ4n) is 4.77. The Kier molecular flexibility index (Phi) is 17.3. The van der Waals surface area contributed by atoms with Gasteiger partial charge in [-0.05, 0) is 83.4 Å². The van der Waals surface area contributed by atoms with E-state index in [0.29, 0.717) is 17.2 Å². The van der Waals surface area contributed by atoms with Gasteiger partial charge < -0.3 is 9.64 Å². The summed E-state index contributed by atoms with van der Waals surface area (Å²) in [5.74, 6) is 2.90. The van der Waals surface area contributed by atoms with Crippen molar-refractivity contribution < 1.29 is 36.0 Å². The Morgan fingerprint density at radius 2 is 1.66 bits per heavy atom. The minimum absolute atomic E-state index is 0.336. The predicted octanol–water partition coefficient (Wildman–Crippen LogP) is 11.2. The number of nitro benzene ring substituents is 1. The first-order valence-electron chi connectivity index (χ1n) is 15.7. The summed E-state index contributed by atoms with van der Waals surface area (Å²) in [5, 5.41) is 10.3. The third kappa shape index (κ3) is 15.5. The van der Waals surface area contributed by atoms with Gasteiger partial charge in [-0.1, -0.05) is 56.7 Å². The predicted molar refractivity (Wildman–Crippen MR) is 176 cm³/mol. The lowest BCUT2D eigenvalue weighted by atomic mass is 9.89. The van der Waals surface area contributed by atoms with Crippen LogP contribution < -0.4 is 9.64 Å². The summed E-state index contributed by atoms with van der Waals surface area (Å²) in [6.07, 6.45) is 3.94. The van der Waals surface area contributed by atoms with Gasteiger partial charge in [0.1, 0.15) is 17.1 Å². The van der Waals surface area contributed by atoms with Crippen LogP contribution in [0.25, 0.3) is 0 Å². The van der Waals surface area contributed by atoms with E-state index in [0.717, 1.165) is 67.7 Å². The molecule has 3 rings (SSSR count). The number of nitro groups is 1. The number of anilines is 1. The van der Waals surface area contributed by atoms with Crippen molar-refractivity contribution in [2.45, 2.75) is 98.5 Å². The number of hydrogen-bond donors (Lipinski definition) is 0. The van der Waals surface area contributed by atoms with Crippen LogP contribution >= 0.6 is 0 Å². The number of rotatable bonds is 10. The molecule has 1 aliphatic carbocycles. The highest BCUT2D eigenvalue weighted by molar-refractivity contribution is 5.45. The third-order valence-corrected chi connectivity index (χ3v) is 7.02. The molecule has 6 nitrogen and oxygen atoms in total. The van der Waals surface area contributed by atoms with E-state index >= 15 is 0 Å². The first-order valence-corrected chi connectivity index (χ1v) is 15.7. The lowest BCUT2D eigenvalue weighted by Crippen LogP contribution is -2.26. The van der Waals surface area contributed by atoms with Gasteiger partial charge in [-0.3, -0.25) is 10.1 Å². The van der Waals surface area contributed by atoms with Gasteiger partial charge in [0.05, 0.1) is 16.6 Å². The highest BCUT2D eigenvalue weighted by Gasteiger charge is 2.38. The van der Waals surface area contributed by atoms with E-state index in [1.807, 2.05) is 12.3 Å². The number of ether oxygens (including phenoxy) is 1. The third-order valence-electron chi connectivity index (χ3n) is 7.02. The Bertz CT molecular complexity index is 1320. The molecule has 0 radical (unpaired) electrons. The monoisotopic (exact) mass is 671 g/mol. The summed E-state index contributed by atoms with van der Waals surface area (Å²) in [5.41, 5.74) is -2.06. The summed E-state index contributed by atoms with van der Waals surface area (Å²) in [7, 11) is 0. The number of pyridine rings is 1. The number of allylic oxidation sites excluding steroid dienone is 5. The molecule has 1 saturated carbocycles. The van der Waals surface area contributed by atoms with E-state index in [-0.39, 0.29) is 0 Å². The van der Waals surface area contributed by atoms with Crippen LogP contribution in [0.5, 0.6) is 5.75 Å². The maximum absolute atomic E-state index is 12.3. The van der Waals surface area contributed by atoms with E-state index < -0.39 is 34.1 Å². The standard InChI is InChI=1S/C18H30N2O.C9H11F3.C8H6F3NO2/c1-4-12-20(13-5-2)18-14-17(10-11-19-18)21-16-8-6-15(3)7-9-16;1-4-5-8(6-7(2)3)9(10,11)12;1-5-2-3-7(12(13)14)6(4-5)8(9,10)11/h10-11,14-16H,4-9,12-13H2,1-3H3;4-6H,2H2,1,3H3;2-4H,1H3/b;5-4-,8-6+;. The van der Waals surface area contributed by atoms with Crippen LogP contribution in [0.3, 0.4) is 0 Å². The van der Waals surface area contributed by atoms with Crippen LogP contribution in [0.15, 0.2) is 72.5 Å². The van der Waals surface area contributed by atoms with Gasteiger partial charge in [0.2, 0.25) is 0 Å². The summed E-state index contributed by atoms with van der Waals surface area (Å²) in [4.78, 5) is 16.1. The number of benzene rings is 1. The average Bonchev–Trinajstić information content (AvgIpc) is 2.97. The van der Waals surface area contributed by atoms with Crippen LogP contribution in [0, 0.1) is 23.0 Å². The van der Waals surface area contributed by atoms with Gasteiger partial charge in [-0.25, -0.2) is 4.98 Å². The lowest BCUT2D eigenvalue weighted by molar-refractivity contribution is -0.388. The maximum Gasteiger partial charge on any atom is 0.423 e. The topological polar surface area (TPSA) is 68.5 Å². The molecule has 2 aromatic rings. The molecule has 262 valence electrons. The van der Waals surface area contributed by atoms with Crippen molar-refractivity contribution in [1.29, 1.82) is 0 Å². The molecule has 12 heteroatoms. The zero-order chi connectivity index (χ0) is 35.8. The molecule has 0 unspecified atom stereocenters. The van der Waals surface area contributed by atoms with Crippen molar-refractivity contribution in [3.8, 4) is 5.75 Å². The van der Waals surface area contributed by atoms with Crippen LogP contribution in [0.1, 0.15) is 84.3 Å². The van der Waals surface area contributed by atoms with Gasteiger partial charge >= 0.3 is 12.4 Å². The molecule has 0 bridgehead atoms. The first-order chi connectivity index (χ1) is 21.9. The van der Waals surface area contributed by atoms with Crippen molar-refractivity contribution in [2.75, 3.05) is 18.0 Å². The molecular weight excluding hydrogens is 624 g/mol. The fourth-order valence-corrected chi connectivity index (χ4v) is 4.77. The van der Waals surface area contributed by atoms with Gasteiger partial charge in [-0.2, -0.15) is 26.3 Å². The molecule has 0 N–H and O–H groups in total. The molecular formula is C35H47F6N3O3. The van der Waals surface area contributed by atoms with Crippen molar-refractivity contribution in [3.63, 3.8) is 0 Å². The second-order valence-electron chi connectivity index (χ2n) is 11.6. The number of aryl methyl sites for hydroxylation is 1. The average molecular weight is 672 g/mol. The Labute approximate surface area is 274 Å². The maximum atomic E-state index is 12.3. The van der Waals surface area contributed by atoms with Crippen LogP contribution in [0.2, 0.25) is 0 Å². The summed E-state index contributed by atoms with van der Waals surface area (Å²) in [6.45, 7) is 16.8. The Morgan fingerprint density at radius 3 is 2.13 bits per heavy atom. The van der Waals surface area contributed by atoms with E-state index in [9.17, 15) is 36.5 Å². The molecule has 1 fully saturated rings. The smallest absolute Gasteiger partial charge is 0.423 e. The molecule has 0 amide bonds. The largest absolute Gasteiger partial charge is 0.490 e. The van der Waals surface area contributed by atoms with Crippen molar-refractivity contribution in [2.24, 2.45) is 5.92 Å². The Hall–Kier alpha value is -3.83. The van der Waals surface area contributed by atoms with Gasteiger partial charge in [0, 0.05) is 31.4 Å². The van der Waals surface area contributed by atoms with Crippen LogP contribution in [-0.4, -0.2) is 35.3 Å². The molecule has 1 aromatic carbocycles. The van der Waals surface area contributed by atoms with Crippen molar-refractivity contribution >= 4 is 11.5 Å². The van der Waals surface area contributed by atoms with Crippen LogP contribution in [-0.2, 0) is 6.18 Å². The van der Waals surface area contributed by atoms with E-state index in [1.165, 1.54) is 58.6 Å². The summed E-state index contributed by atoms with van der Waals surface area (Å²) >= 11 is 0. The van der Waals surface area contributed by atoms with Crippen LogP contribution in [0.4, 0.5) is 37.8 Å². The molecule has 0 atom stereocenters. The highest BCUT2D eigenvalue weighted by atomic mass is 19.4. The minimum Gasteiger partial charge on any atom is -0.490 e. The number of hydrogen-bond acceptors (Lipinski definition) is 5. The van der Waals surface area contributed by atoms with E-state index in [1.54, 1.807) is 0 Å². The zero-order valence-corrected chi connectivity index (χ0v) is 28.0. The molecule has 0 spiro atoms. The molecule has 0 aliphatic heterocycles. The second kappa shape index (κ2) is 19.7. The summed E-state index contributed by atoms with van der Waals surface area (Å²) in [6, 6.07) is 7.00. The molecule has 1 aromatic heterocycles. The van der Waals surface area contributed by atoms with E-state index in [2.05, 4.69) is 43.3 Å². The number of halogens is 6. The minimum atomic E-state index is -4.69. The normalized spacial score (nSPS) is 16.8. The first kappa shape index (κ1) is 41.2. The van der Waals surface area contributed by atoms with Gasteiger partial charge in [0.15, 0.2) is 0 Å². The molecule has 1 heterocycles. The SMILES string of the molecule is C=C(C)/C=C(\C=C/C)C(F)(F)F.CCCN(CCC)c1cc(OC2CCC(C)CC2)ccn1.Cc1ccc([N+](=O)[O-])c(C(F)(F)F)c1. The van der Waals surface area contributed by atoms with E-state index in [4.69, 9.17) is 4.74 Å². The van der Waals surface area contributed by atoms with Crippen molar-refractivity contribution in [3.05, 3.63) is 93.7 Å². The van der Waals surface area contributed by atoms with Gasteiger partial charge in [0.25, 0.3) is 5.69 Å². The lowest BCUT2D eigenvalue weighted by Gasteiger charge is -2.27. The number of aromatic nitrogens is 1. The van der Waals surface area contributed by atoms with Gasteiger partial charge in [-0.15, -0.1) is 0 Å². The molecule has 0 saturated heterocycles. The second-order valence-corrected chi connectivity index (χ2v) is 11.6. The molecule has 47 heavy (non-hydrogen) atoms. The number of nitrogens with zero attached hydrogens (tertiary/aromatic N) is 3. The zero-order valence-electron chi connectivity index (χ0n) is 28.0. The van der Waals surface area contributed by atoms with Crippen molar-refractivity contribution in [1.82, 2.24) is 4.98 Å². The Balaban J connectivity index is 0.000000372. The fraction of sp³-hybridized carbons (Fsp3) is 0.514. The number of alkyl halides is 6. The Morgan fingerprint density at radius 1 is 1.06 bits per heavy atom. The summed E-state index contributed by atoms with van der Waals surface area (Å²) < 4.78 is 79.4. The quantitative estimate of drug-likeness (QED) is 0.109. The highest BCUT2D eigenvalue weighted by Crippen LogP contribution is 2.36. The molecule has 1 aliphatic rings.